The molecule has 6 nitrogen and oxygen atoms in total. The number of carbonyl (C=O) groups excluding carboxylic acids is 2. The van der Waals surface area contributed by atoms with Gasteiger partial charge in [0.1, 0.15) is 11.8 Å². The van der Waals surface area contributed by atoms with Crippen LogP contribution in [0.25, 0.3) is 21.8 Å². The van der Waals surface area contributed by atoms with Gasteiger partial charge in [-0.05, 0) is 66.8 Å². The molecular weight excluding hydrogens is 484 g/mol. The van der Waals surface area contributed by atoms with E-state index in [1.54, 1.807) is 0 Å². The largest absolute Gasteiger partial charge is 0.382 e. The van der Waals surface area contributed by atoms with E-state index in [-0.39, 0.29) is 11.5 Å². The molecule has 5 rings (SSSR count). The van der Waals surface area contributed by atoms with Crippen molar-refractivity contribution in [2.45, 2.75) is 33.4 Å². The highest BCUT2D eigenvalue weighted by Crippen LogP contribution is 2.33. The van der Waals surface area contributed by atoms with Crippen molar-refractivity contribution in [3.05, 3.63) is 105 Å². The number of carbonyl (C=O) groups is 2. The molecule has 0 aliphatic carbocycles. The Balaban J connectivity index is 1.65. The summed E-state index contributed by atoms with van der Waals surface area (Å²) in [6.45, 7) is 6.01. The average Bonchev–Trinajstić information content (AvgIpc) is 3.55. The van der Waals surface area contributed by atoms with Crippen LogP contribution in [0, 0.1) is 6.92 Å². The van der Waals surface area contributed by atoms with Crippen LogP contribution in [-0.2, 0) is 16.2 Å². The number of thiophene rings is 1. The van der Waals surface area contributed by atoms with Crippen molar-refractivity contribution >= 4 is 50.6 Å². The molecule has 0 aliphatic heterocycles. The average molecular weight is 511 g/mol. The van der Waals surface area contributed by atoms with Crippen LogP contribution < -0.4 is 0 Å². The van der Waals surface area contributed by atoms with Crippen molar-refractivity contribution in [1.82, 2.24) is 4.57 Å². The fourth-order valence-electron chi connectivity index (χ4n) is 4.70. The monoisotopic (exact) mass is 510 g/mol. The summed E-state index contributed by atoms with van der Waals surface area (Å²) in [7, 11) is 0. The number of aliphatic hydroxyl groups excluding tert-OH is 1. The summed E-state index contributed by atoms with van der Waals surface area (Å²) in [6, 6.07) is 22.7. The SMILES string of the molecule is CCn1c2ccc(C(=O)c3cccs3)cc2c2cc(C(O)/C(=N/OC(C)=O)c3ccccc3C)ccc21. The van der Waals surface area contributed by atoms with Gasteiger partial charge in [-0.25, -0.2) is 4.79 Å². The summed E-state index contributed by atoms with van der Waals surface area (Å²) >= 11 is 1.42. The van der Waals surface area contributed by atoms with Gasteiger partial charge in [-0.2, -0.15) is 0 Å². The fourth-order valence-corrected chi connectivity index (χ4v) is 5.39. The van der Waals surface area contributed by atoms with Gasteiger partial charge in [0, 0.05) is 46.4 Å². The van der Waals surface area contributed by atoms with Crippen molar-refractivity contribution in [3.8, 4) is 0 Å². The summed E-state index contributed by atoms with van der Waals surface area (Å²) in [4.78, 5) is 30.2. The van der Waals surface area contributed by atoms with Crippen molar-refractivity contribution in [2.24, 2.45) is 5.16 Å². The maximum atomic E-state index is 13.1. The highest BCUT2D eigenvalue weighted by atomic mass is 32.1. The molecule has 5 aromatic rings. The summed E-state index contributed by atoms with van der Waals surface area (Å²) in [6.07, 6.45) is -1.14. The topological polar surface area (TPSA) is 80.9 Å². The molecule has 1 atom stereocenters. The number of ketones is 1. The van der Waals surface area contributed by atoms with E-state index >= 15 is 0 Å². The third-order valence-electron chi connectivity index (χ3n) is 6.48. The first-order valence-electron chi connectivity index (χ1n) is 12.0. The zero-order valence-corrected chi connectivity index (χ0v) is 21.6. The molecule has 0 spiro atoms. The zero-order valence-electron chi connectivity index (χ0n) is 20.8. The Morgan fingerprint density at radius 2 is 1.73 bits per heavy atom. The molecule has 0 fully saturated rings. The highest BCUT2D eigenvalue weighted by molar-refractivity contribution is 7.12. The van der Waals surface area contributed by atoms with E-state index in [1.165, 1.54) is 18.3 Å². The van der Waals surface area contributed by atoms with E-state index < -0.39 is 12.1 Å². The Labute approximate surface area is 218 Å². The van der Waals surface area contributed by atoms with Gasteiger partial charge in [0.2, 0.25) is 5.78 Å². The lowest BCUT2D eigenvalue weighted by atomic mass is 9.95. The molecule has 0 radical (unpaired) electrons. The Bertz CT molecular complexity index is 1660. The lowest BCUT2D eigenvalue weighted by Crippen LogP contribution is -2.16. The van der Waals surface area contributed by atoms with Crippen LogP contribution in [0.4, 0.5) is 0 Å². The van der Waals surface area contributed by atoms with Crippen LogP contribution in [0.5, 0.6) is 0 Å². The highest BCUT2D eigenvalue weighted by Gasteiger charge is 2.22. The summed E-state index contributed by atoms with van der Waals surface area (Å²) in [5.41, 5.74) is 5.08. The van der Waals surface area contributed by atoms with Gasteiger partial charge >= 0.3 is 5.97 Å². The van der Waals surface area contributed by atoms with E-state index in [9.17, 15) is 14.7 Å². The lowest BCUT2D eigenvalue weighted by molar-refractivity contribution is -0.141. The summed E-state index contributed by atoms with van der Waals surface area (Å²) < 4.78 is 2.19. The second-order valence-electron chi connectivity index (χ2n) is 8.84. The Kier molecular flexibility index (Phi) is 6.74. The first-order chi connectivity index (χ1) is 17.9. The smallest absolute Gasteiger partial charge is 0.331 e. The summed E-state index contributed by atoms with van der Waals surface area (Å²) in [5, 5.41) is 19.2. The number of aromatic nitrogens is 1. The maximum absolute atomic E-state index is 13.1. The van der Waals surface area contributed by atoms with E-state index in [0.717, 1.165) is 33.9 Å². The first-order valence-corrected chi connectivity index (χ1v) is 12.9. The zero-order chi connectivity index (χ0) is 26.1. The number of hydrogen-bond acceptors (Lipinski definition) is 6. The van der Waals surface area contributed by atoms with Crippen molar-refractivity contribution < 1.29 is 19.5 Å². The van der Waals surface area contributed by atoms with Crippen LogP contribution in [0.3, 0.4) is 0 Å². The number of hydrogen-bond donors (Lipinski definition) is 1. The van der Waals surface area contributed by atoms with Crippen LogP contribution in [0.15, 0.2) is 83.3 Å². The van der Waals surface area contributed by atoms with Crippen molar-refractivity contribution in [1.29, 1.82) is 0 Å². The van der Waals surface area contributed by atoms with Crippen LogP contribution in [0.2, 0.25) is 0 Å². The second-order valence-corrected chi connectivity index (χ2v) is 9.78. The van der Waals surface area contributed by atoms with Crippen molar-refractivity contribution in [2.75, 3.05) is 0 Å². The minimum absolute atomic E-state index is 0.0131. The lowest BCUT2D eigenvalue weighted by Gasteiger charge is -2.16. The molecule has 1 unspecified atom stereocenters. The van der Waals surface area contributed by atoms with Gasteiger partial charge in [0.15, 0.2) is 0 Å². The van der Waals surface area contributed by atoms with Gasteiger partial charge in [0.05, 0.1) is 4.88 Å². The maximum Gasteiger partial charge on any atom is 0.331 e. The Morgan fingerprint density at radius 3 is 2.41 bits per heavy atom. The molecule has 7 heteroatoms. The molecule has 1 N–H and O–H groups in total. The molecule has 0 aliphatic rings. The molecule has 3 aromatic carbocycles. The van der Waals surface area contributed by atoms with Gasteiger partial charge in [0.25, 0.3) is 0 Å². The number of oxime groups is 1. The standard InChI is InChI=1S/C30H26N2O4S/c1-4-32-25-13-11-20(29(34)27-10-7-15-37-27)16-23(25)24-17-21(12-14-26(24)32)30(35)28(31-36-19(3)33)22-9-6-5-8-18(22)2/h5-17,30,35H,4H2,1-3H3/b31-28+. The number of rotatable bonds is 7. The van der Waals surface area contributed by atoms with Crippen LogP contribution in [0.1, 0.15) is 51.9 Å². The number of aliphatic hydroxyl groups is 1. The third kappa shape index (κ3) is 4.59. The van der Waals surface area contributed by atoms with Crippen LogP contribution in [-0.4, -0.2) is 27.1 Å². The normalized spacial score (nSPS) is 12.7. The van der Waals surface area contributed by atoms with Gasteiger partial charge in [-0.15, -0.1) is 11.3 Å². The minimum Gasteiger partial charge on any atom is -0.382 e. The molecular formula is C30H26N2O4S. The predicted molar refractivity (Wildman–Crippen MR) is 147 cm³/mol. The molecule has 0 bridgehead atoms. The number of nitrogens with zero attached hydrogens (tertiary/aromatic N) is 2. The summed E-state index contributed by atoms with van der Waals surface area (Å²) in [5.74, 6) is -0.580. The molecule has 2 aromatic heterocycles. The van der Waals surface area contributed by atoms with E-state index in [2.05, 4.69) is 16.6 Å². The van der Waals surface area contributed by atoms with Gasteiger partial charge in [-0.3, -0.25) is 4.79 Å². The van der Waals surface area contributed by atoms with E-state index in [1.807, 2.05) is 85.1 Å². The number of fused-ring (bicyclic) bond motifs is 3. The molecule has 186 valence electrons. The number of aryl methyl sites for hydroxylation is 2. The fraction of sp³-hybridized carbons (Fsp3) is 0.167. The minimum atomic E-state index is -1.14. The van der Waals surface area contributed by atoms with Gasteiger partial charge in [-0.1, -0.05) is 41.6 Å². The first kappa shape index (κ1) is 24.6. The Hall–Kier alpha value is -4.07. The number of benzene rings is 3. The van der Waals surface area contributed by atoms with Crippen LogP contribution >= 0.6 is 11.3 Å². The van der Waals surface area contributed by atoms with E-state index in [4.69, 9.17) is 4.84 Å². The Morgan fingerprint density at radius 1 is 1.00 bits per heavy atom. The molecule has 0 amide bonds. The predicted octanol–water partition coefficient (Wildman–Crippen LogP) is 6.42. The van der Waals surface area contributed by atoms with Crippen molar-refractivity contribution in [3.63, 3.8) is 0 Å². The molecule has 37 heavy (non-hydrogen) atoms. The third-order valence-corrected chi connectivity index (χ3v) is 7.35. The molecule has 0 saturated heterocycles. The van der Waals surface area contributed by atoms with E-state index in [0.29, 0.717) is 21.6 Å². The van der Waals surface area contributed by atoms with Gasteiger partial charge < -0.3 is 14.5 Å². The molecule has 2 heterocycles. The second kappa shape index (κ2) is 10.1. The molecule has 0 saturated carbocycles. The quantitative estimate of drug-likeness (QED) is 0.119.